The molecule has 5 nitrogen and oxygen atoms in total. The fourth-order valence-corrected chi connectivity index (χ4v) is 3.39. The molecule has 0 spiro atoms. The summed E-state index contributed by atoms with van der Waals surface area (Å²) in [5.74, 6) is 0.515. The molecule has 1 unspecified atom stereocenters. The Balaban J connectivity index is 1.63. The molecule has 26 heavy (non-hydrogen) atoms. The molecule has 1 N–H and O–H groups in total. The normalized spacial score (nSPS) is 16.7. The van der Waals surface area contributed by atoms with Gasteiger partial charge < -0.3 is 15.0 Å². The summed E-state index contributed by atoms with van der Waals surface area (Å²) in [7, 11) is 1.60. The number of rotatable bonds is 5. The lowest BCUT2D eigenvalue weighted by atomic mass is 10.1. The minimum atomic E-state index is -0.464. The minimum Gasteiger partial charge on any atom is -0.497 e. The first-order valence-electron chi connectivity index (χ1n) is 8.78. The molecule has 2 amide bonds. The summed E-state index contributed by atoms with van der Waals surface area (Å²) in [6, 6.07) is 13.0. The SMILES string of the molecule is COc1cccc(CC(=O)NC2CCN(c3cc(C)cc(C)c3)C2=O)c1. The average molecular weight is 352 g/mol. The average Bonchev–Trinajstić information content (AvgIpc) is 2.94. The lowest BCUT2D eigenvalue weighted by Gasteiger charge is -2.18. The summed E-state index contributed by atoms with van der Waals surface area (Å²) in [4.78, 5) is 26.8. The first kappa shape index (κ1) is 18.0. The van der Waals surface area contributed by atoms with Gasteiger partial charge in [0.1, 0.15) is 11.8 Å². The van der Waals surface area contributed by atoms with E-state index in [1.54, 1.807) is 12.0 Å². The van der Waals surface area contributed by atoms with Crippen molar-refractivity contribution in [1.82, 2.24) is 5.32 Å². The zero-order valence-electron chi connectivity index (χ0n) is 15.4. The molecular weight excluding hydrogens is 328 g/mol. The molecule has 1 saturated heterocycles. The second-order valence-electron chi connectivity index (χ2n) is 6.77. The van der Waals surface area contributed by atoms with E-state index in [2.05, 4.69) is 11.4 Å². The van der Waals surface area contributed by atoms with Crippen molar-refractivity contribution in [2.75, 3.05) is 18.6 Å². The first-order valence-corrected chi connectivity index (χ1v) is 8.78. The highest BCUT2D eigenvalue weighted by Crippen LogP contribution is 2.24. The second-order valence-corrected chi connectivity index (χ2v) is 6.77. The molecule has 136 valence electrons. The predicted molar refractivity (Wildman–Crippen MR) is 102 cm³/mol. The van der Waals surface area contributed by atoms with Gasteiger partial charge in [0.15, 0.2) is 0 Å². The topological polar surface area (TPSA) is 58.6 Å². The number of anilines is 1. The van der Waals surface area contributed by atoms with Gasteiger partial charge in [0, 0.05) is 12.2 Å². The Bertz CT molecular complexity index is 812. The second kappa shape index (κ2) is 7.60. The van der Waals surface area contributed by atoms with E-state index in [1.807, 2.05) is 50.2 Å². The van der Waals surface area contributed by atoms with Crippen molar-refractivity contribution in [3.63, 3.8) is 0 Å². The van der Waals surface area contributed by atoms with Crippen LogP contribution in [0.4, 0.5) is 5.69 Å². The summed E-state index contributed by atoms with van der Waals surface area (Å²) < 4.78 is 5.18. The molecule has 5 heteroatoms. The van der Waals surface area contributed by atoms with Gasteiger partial charge in [0.25, 0.3) is 0 Å². The summed E-state index contributed by atoms with van der Waals surface area (Å²) >= 11 is 0. The van der Waals surface area contributed by atoms with Crippen LogP contribution >= 0.6 is 0 Å². The van der Waals surface area contributed by atoms with Crippen molar-refractivity contribution in [1.29, 1.82) is 0 Å². The lowest BCUT2D eigenvalue weighted by molar-refractivity contribution is -0.126. The molecule has 0 aliphatic carbocycles. The van der Waals surface area contributed by atoms with Gasteiger partial charge in [-0.25, -0.2) is 0 Å². The van der Waals surface area contributed by atoms with Crippen molar-refractivity contribution in [2.24, 2.45) is 0 Å². The van der Waals surface area contributed by atoms with Crippen LogP contribution in [0.2, 0.25) is 0 Å². The van der Waals surface area contributed by atoms with Crippen LogP contribution in [0.1, 0.15) is 23.1 Å². The summed E-state index contributed by atoms with van der Waals surface area (Å²) in [6.07, 6.45) is 0.847. The van der Waals surface area contributed by atoms with Gasteiger partial charge in [-0.1, -0.05) is 18.2 Å². The van der Waals surface area contributed by atoms with E-state index in [0.717, 1.165) is 22.4 Å². The number of nitrogens with zero attached hydrogens (tertiary/aromatic N) is 1. The number of methoxy groups -OCH3 is 1. The van der Waals surface area contributed by atoms with Crippen LogP contribution in [0.15, 0.2) is 42.5 Å². The van der Waals surface area contributed by atoms with E-state index in [0.29, 0.717) is 18.7 Å². The van der Waals surface area contributed by atoms with Crippen LogP contribution in [0, 0.1) is 13.8 Å². The molecule has 1 fully saturated rings. The Morgan fingerprint density at radius 3 is 2.62 bits per heavy atom. The van der Waals surface area contributed by atoms with Crippen molar-refractivity contribution >= 4 is 17.5 Å². The van der Waals surface area contributed by atoms with Gasteiger partial charge in [-0.3, -0.25) is 9.59 Å². The molecule has 0 bridgehead atoms. The number of carbonyl (C=O) groups excluding carboxylic acids is 2. The van der Waals surface area contributed by atoms with Crippen LogP contribution < -0.4 is 15.0 Å². The smallest absolute Gasteiger partial charge is 0.249 e. The quantitative estimate of drug-likeness (QED) is 0.900. The highest BCUT2D eigenvalue weighted by molar-refractivity contribution is 6.01. The zero-order chi connectivity index (χ0) is 18.7. The van der Waals surface area contributed by atoms with Crippen LogP contribution in [0.5, 0.6) is 5.75 Å². The van der Waals surface area contributed by atoms with E-state index >= 15 is 0 Å². The van der Waals surface area contributed by atoms with Crippen molar-refractivity contribution < 1.29 is 14.3 Å². The molecule has 0 aromatic heterocycles. The molecule has 0 radical (unpaired) electrons. The van der Waals surface area contributed by atoms with Gasteiger partial charge >= 0.3 is 0 Å². The Labute approximate surface area is 154 Å². The third-order valence-corrected chi connectivity index (χ3v) is 4.56. The number of aryl methyl sites for hydroxylation is 2. The van der Waals surface area contributed by atoms with Crippen molar-refractivity contribution in [2.45, 2.75) is 32.7 Å². The molecule has 2 aromatic carbocycles. The van der Waals surface area contributed by atoms with Gasteiger partial charge in [0.05, 0.1) is 13.5 Å². The Kier molecular flexibility index (Phi) is 5.26. The summed E-state index contributed by atoms with van der Waals surface area (Å²) in [6.45, 7) is 4.65. The van der Waals surface area contributed by atoms with Crippen LogP contribution in [0.25, 0.3) is 0 Å². The Morgan fingerprint density at radius 1 is 1.19 bits per heavy atom. The number of amides is 2. The zero-order valence-corrected chi connectivity index (χ0v) is 15.4. The van der Waals surface area contributed by atoms with Gasteiger partial charge in [-0.15, -0.1) is 0 Å². The van der Waals surface area contributed by atoms with E-state index < -0.39 is 6.04 Å². The van der Waals surface area contributed by atoms with Gasteiger partial charge in [0.2, 0.25) is 11.8 Å². The molecule has 1 aliphatic heterocycles. The number of nitrogens with one attached hydrogen (secondary N) is 1. The first-order chi connectivity index (χ1) is 12.5. The Hall–Kier alpha value is -2.82. The number of benzene rings is 2. The largest absolute Gasteiger partial charge is 0.497 e. The monoisotopic (exact) mass is 352 g/mol. The van der Waals surface area contributed by atoms with Crippen LogP contribution in [-0.2, 0) is 16.0 Å². The fourth-order valence-electron chi connectivity index (χ4n) is 3.39. The number of hydrogen-bond donors (Lipinski definition) is 1. The number of ether oxygens (including phenoxy) is 1. The van der Waals surface area contributed by atoms with Gasteiger partial charge in [-0.2, -0.15) is 0 Å². The maximum atomic E-state index is 12.7. The molecule has 1 atom stereocenters. The number of carbonyl (C=O) groups is 2. The van der Waals surface area contributed by atoms with E-state index in [1.165, 1.54) is 0 Å². The fraction of sp³-hybridized carbons (Fsp3) is 0.333. The van der Waals surface area contributed by atoms with Crippen molar-refractivity contribution in [3.05, 3.63) is 59.2 Å². The summed E-state index contributed by atoms with van der Waals surface area (Å²) in [5.41, 5.74) is 4.01. The standard InChI is InChI=1S/C21H24N2O3/c1-14-9-15(2)11-17(10-14)23-8-7-19(21(23)25)22-20(24)13-16-5-4-6-18(12-16)26-3/h4-6,9-12,19H,7-8,13H2,1-3H3,(H,22,24). The maximum Gasteiger partial charge on any atom is 0.249 e. The van der Waals surface area contributed by atoms with E-state index in [4.69, 9.17) is 4.74 Å². The molecule has 1 heterocycles. The molecular formula is C21H24N2O3. The van der Waals surface area contributed by atoms with Crippen molar-refractivity contribution in [3.8, 4) is 5.75 Å². The maximum absolute atomic E-state index is 12.7. The van der Waals surface area contributed by atoms with E-state index in [-0.39, 0.29) is 18.2 Å². The minimum absolute atomic E-state index is 0.0472. The van der Waals surface area contributed by atoms with Crippen LogP contribution in [-0.4, -0.2) is 31.5 Å². The third-order valence-electron chi connectivity index (χ3n) is 4.56. The predicted octanol–water partition coefficient (Wildman–Crippen LogP) is 2.78. The molecule has 3 rings (SSSR count). The number of hydrogen-bond acceptors (Lipinski definition) is 3. The lowest BCUT2D eigenvalue weighted by Crippen LogP contribution is -2.42. The van der Waals surface area contributed by atoms with Gasteiger partial charge in [-0.05, 0) is 61.2 Å². The highest BCUT2D eigenvalue weighted by atomic mass is 16.5. The molecule has 1 aliphatic rings. The van der Waals surface area contributed by atoms with Crippen LogP contribution in [0.3, 0.4) is 0 Å². The molecule has 0 saturated carbocycles. The third kappa shape index (κ3) is 4.04. The highest BCUT2D eigenvalue weighted by Gasteiger charge is 2.33. The molecule has 2 aromatic rings. The Morgan fingerprint density at radius 2 is 1.92 bits per heavy atom. The van der Waals surface area contributed by atoms with E-state index in [9.17, 15) is 9.59 Å². The summed E-state index contributed by atoms with van der Waals surface area (Å²) in [5, 5.41) is 2.87.